The van der Waals surface area contributed by atoms with Gasteiger partial charge in [0.1, 0.15) is 16.8 Å². The lowest BCUT2D eigenvalue weighted by Gasteiger charge is -2.22. The van der Waals surface area contributed by atoms with Crippen molar-refractivity contribution in [2.75, 3.05) is 6.61 Å². The Morgan fingerprint density at radius 2 is 2.12 bits per heavy atom. The first kappa shape index (κ1) is 18.9. The largest absolute Gasteiger partial charge is 0.444 e. The zero-order valence-electron chi connectivity index (χ0n) is 15.2. The topological polar surface area (TPSA) is 94.8 Å². The summed E-state index contributed by atoms with van der Waals surface area (Å²) in [5, 5.41) is 10.8. The predicted octanol–water partition coefficient (Wildman–Crippen LogP) is 3.40. The first-order valence-electron chi connectivity index (χ1n) is 8.05. The van der Waals surface area contributed by atoms with E-state index < -0.39 is 11.7 Å². The van der Waals surface area contributed by atoms with Crippen LogP contribution in [0.2, 0.25) is 0 Å². The van der Waals surface area contributed by atoms with Crippen LogP contribution in [0.4, 0.5) is 10.5 Å². The fourth-order valence-electron chi connectivity index (χ4n) is 2.35. The maximum absolute atomic E-state index is 11.7. The van der Waals surface area contributed by atoms with Crippen LogP contribution < -0.4 is 5.32 Å². The second-order valence-electron chi connectivity index (χ2n) is 7.01. The number of alkyl carbamates (subject to hydrolysis) is 1. The number of rotatable bonds is 6. The van der Waals surface area contributed by atoms with Crippen LogP contribution >= 0.6 is 0 Å². The predicted molar refractivity (Wildman–Crippen MR) is 94.7 cm³/mol. The highest BCUT2D eigenvalue weighted by Crippen LogP contribution is 2.26. The van der Waals surface area contributed by atoms with Crippen LogP contribution in [0, 0.1) is 4.91 Å². The zero-order chi connectivity index (χ0) is 18.6. The molecule has 0 bridgehead atoms. The van der Waals surface area contributed by atoms with Crippen molar-refractivity contribution in [1.29, 1.82) is 0 Å². The van der Waals surface area contributed by atoms with Gasteiger partial charge in [0.2, 0.25) is 0 Å². The molecule has 8 nitrogen and oxygen atoms in total. The maximum atomic E-state index is 11.7. The number of nitrogens with zero attached hydrogens (tertiary/aromatic N) is 3. The lowest BCUT2D eigenvalue weighted by Crippen LogP contribution is -2.39. The Morgan fingerprint density at radius 3 is 2.76 bits per heavy atom. The van der Waals surface area contributed by atoms with E-state index in [9.17, 15) is 9.70 Å². The molecule has 0 aliphatic heterocycles. The molecule has 1 N–H and O–H groups in total. The molecule has 2 aromatic rings. The van der Waals surface area contributed by atoms with Crippen LogP contribution in [-0.2, 0) is 23.1 Å². The molecule has 0 aliphatic carbocycles. The molecule has 0 spiro atoms. The number of amides is 1. The zero-order valence-corrected chi connectivity index (χ0v) is 15.2. The summed E-state index contributed by atoms with van der Waals surface area (Å²) in [6.07, 6.45) is 1.34. The van der Waals surface area contributed by atoms with E-state index >= 15 is 0 Å². The minimum absolute atomic E-state index is 0.208. The molecule has 1 heterocycles. The lowest BCUT2D eigenvalue weighted by molar-refractivity contribution is 0.0442. The van der Waals surface area contributed by atoms with Crippen LogP contribution in [0.15, 0.2) is 23.5 Å². The van der Waals surface area contributed by atoms with Gasteiger partial charge < -0.3 is 14.8 Å². The number of nitroso groups, excluding NO2 is 1. The van der Waals surface area contributed by atoms with Gasteiger partial charge in [0.25, 0.3) is 0 Å². The fourth-order valence-corrected chi connectivity index (χ4v) is 2.35. The molecule has 136 valence electrons. The summed E-state index contributed by atoms with van der Waals surface area (Å²) in [5.74, 6) is 0. The Hall–Kier alpha value is -2.48. The number of carbonyl (C=O) groups excluding carboxylic acids is 1. The van der Waals surface area contributed by atoms with Crippen molar-refractivity contribution >= 4 is 22.7 Å². The number of aryl methyl sites for hydroxylation is 1. The molecule has 0 radical (unpaired) electrons. The van der Waals surface area contributed by atoms with E-state index in [1.807, 2.05) is 19.2 Å². The van der Waals surface area contributed by atoms with E-state index in [2.05, 4.69) is 15.6 Å². The van der Waals surface area contributed by atoms with Gasteiger partial charge in [-0.05, 0) is 50.6 Å². The normalized spacial score (nSPS) is 12.8. The highest BCUT2D eigenvalue weighted by Gasteiger charge is 2.17. The number of carbonyl (C=O) groups is 1. The minimum atomic E-state index is -0.540. The van der Waals surface area contributed by atoms with Crippen molar-refractivity contribution in [2.45, 2.75) is 45.9 Å². The summed E-state index contributed by atoms with van der Waals surface area (Å²) in [6, 6.07) is 3.36. The first-order valence-corrected chi connectivity index (χ1v) is 8.05. The van der Waals surface area contributed by atoms with Crippen molar-refractivity contribution in [3.8, 4) is 0 Å². The summed E-state index contributed by atoms with van der Waals surface area (Å²) >= 11 is 0. The Morgan fingerprint density at radius 1 is 1.40 bits per heavy atom. The number of ether oxygens (including phenoxy) is 2. The third-order valence-corrected chi connectivity index (χ3v) is 3.26. The third kappa shape index (κ3) is 5.53. The molecule has 25 heavy (non-hydrogen) atoms. The average Bonchev–Trinajstić information content (AvgIpc) is 2.84. The molecule has 2 rings (SSSR count). The van der Waals surface area contributed by atoms with Gasteiger partial charge >= 0.3 is 6.09 Å². The van der Waals surface area contributed by atoms with Gasteiger partial charge in [-0.3, -0.25) is 4.68 Å². The van der Waals surface area contributed by atoms with E-state index in [-0.39, 0.29) is 11.7 Å². The summed E-state index contributed by atoms with van der Waals surface area (Å²) in [4.78, 5) is 22.7. The van der Waals surface area contributed by atoms with Crippen LogP contribution in [0.3, 0.4) is 0 Å². The van der Waals surface area contributed by atoms with E-state index in [4.69, 9.17) is 9.47 Å². The molecule has 0 unspecified atom stereocenters. The van der Waals surface area contributed by atoms with Crippen molar-refractivity contribution < 1.29 is 14.3 Å². The quantitative estimate of drug-likeness (QED) is 0.807. The Bertz CT molecular complexity index is 764. The monoisotopic (exact) mass is 348 g/mol. The number of aromatic nitrogens is 2. The molecule has 0 saturated carbocycles. The van der Waals surface area contributed by atoms with E-state index in [0.717, 1.165) is 10.9 Å². The second kappa shape index (κ2) is 7.60. The molecule has 0 aliphatic rings. The molecule has 0 fully saturated rings. The van der Waals surface area contributed by atoms with Gasteiger partial charge in [0.05, 0.1) is 19.3 Å². The number of hydrogen-bond donors (Lipinski definition) is 1. The highest BCUT2D eigenvalue weighted by atomic mass is 16.6. The van der Waals surface area contributed by atoms with E-state index in [1.54, 1.807) is 38.6 Å². The summed E-state index contributed by atoms with van der Waals surface area (Å²) in [7, 11) is 1.79. The van der Waals surface area contributed by atoms with Crippen molar-refractivity contribution in [2.24, 2.45) is 12.2 Å². The molecule has 0 saturated heterocycles. The highest BCUT2D eigenvalue weighted by molar-refractivity contribution is 5.89. The molecule has 1 aromatic heterocycles. The van der Waals surface area contributed by atoms with Gasteiger partial charge in [0, 0.05) is 18.6 Å². The van der Waals surface area contributed by atoms with E-state index in [1.165, 1.54) is 0 Å². The summed E-state index contributed by atoms with van der Waals surface area (Å²) in [6.45, 7) is 7.86. The van der Waals surface area contributed by atoms with Crippen LogP contribution in [0.5, 0.6) is 0 Å². The SMILES string of the molecule is C[C@H](COCc1cc(N=O)c2nn(C)cc2c1)NC(=O)OC(C)(C)C. The molecular weight excluding hydrogens is 324 g/mol. The molecule has 1 aromatic carbocycles. The Kier molecular flexibility index (Phi) is 5.73. The van der Waals surface area contributed by atoms with Crippen LogP contribution in [0.1, 0.15) is 33.3 Å². The summed E-state index contributed by atoms with van der Waals surface area (Å²) < 4.78 is 12.5. The van der Waals surface area contributed by atoms with Gasteiger partial charge in [-0.1, -0.05) is 0 Å². The summed E-state index contributed by atoms with van der Waals surface area (Å²) in [5.41, 5.74) is 1.14. The van der Waals surface area contributed by atoms with Crippen LogP contribution in [-0.4, -0.2) is 34.1 Å². The van der Waals surface area contributed by atoms with E-state index in [0.29, 0.717) is 18.7 Å². The van der Waals surface area contributed by atoms with Gasteiger partial charge in [0.15, 0.2) is 0 Å². The Labute approximate surface area is 146 Å². The van der Waals surface area contributed by atoms with Crippen molar-refractivity contribution in [3.63, 3.8) is 0 Å². The number of benzene rings is 1. The average molecular weight is 348 g/mol. The van der Waals surface area contributed by atoms with Gasteiger partial charge in [-0.25, -0.2) is 4.79 Å². The fraction of sp³-hybridized carbons (Fsp3) is 0.529. The van der Waals surface area contributed by atoms with Crippen LogP contribution in [0.25, 0.3) is 10.9 Å². The molecule has 1 amide bonds. The lowest BCUT2D eigenvalue weighted by atomic mass is 10.1. The van der Waals surface area contributed by atoms with Crippen molar-refractivity contribution in [3.05, 3.63) is 28.8 Å². The third-order valence-electron chi connectivity index (χ3n) is 3.26. The molecule has 1 atom stereocenters. The Balaban J connectivity index is 1.90. The standard InChI is InChI=1S/C17H24N4O4/c1-11(18-16(22)25-17(2,3)4)9-24-10-12-6-13-8-21(5)19-15(13)14(7-12)20-23/h6-8,11H,9-10H2,1-5H3,(H,18,22)/t11-/m1/s1. The first-order chi connectivity index (χ1) is 11.7. The molecular formula is C17H24N4O4. The van der Waals surface area contributed by atoms with Gasteiger partial charge in [-0.2, -0.15) is 5.10 Å². The smallest absolute Gasteiger partial charge is 0.407 e. The number of hydrogen-bond acceptors (Lipinski definition) is 6. The number of fused-ring (bicyclic) bond motifs is 1. The molecule has 8 heteroatoms. The van der Waals surface area contributed by atoms with Crippen molar-refractivity contribution in [1.82, 2.24) is 15.1 Å². The second-order valence-corrected chi connectivity index (χ2v) is 7.01. The minimum Gasteiger partial charge on any atom is -0.444 e. The number of nitrogens with one attached hydrogen (secondary N) is 1. The van der Waals surface area contributed by atoms with Gasteiger partial charge in [-0.15, -0.1) is 4.91 Å². The maximum Gasteiger partial charge on any atom is 0.407 e.